The van der Waals surface area contributed by atoms with Gasteiger partial charge in [0, 0.05) is 5.69 Å². The number of hydrogen-bond acceptors (Lipinski definition) is 5. The van der Waals surface area contributed by atoms with Gasteiger partial charge in [0.15, 0.2) is 0 Å². The summed E-state index contributed by atoms with van der Waals surface area (Å²) >= 11 is 0. The molecular formula is C21H25FN2O5S. The van der Waals surface area contributed by atoms with Gasteiger partial charge in [0.05, 0.1) is 24.1 Å². The van der Waals surface area contributed by atoms with Crippen LogP contribution in [0.1, 0.15) is 36.2 Å². The summed E-state index contributed by atoms with van der Waals surface area (Å²) < 4.78 is 44.9. The van der Waals surface area contributed by atoms with Crippen molar-refractivity contribution in [2.75, 3.05) is 22.5 Å². The van der Waals surface area contributed by atoms with Crippen molar-refractivity contribution in [3.8, 4) is 0 Å². The fourth-order valence-corrected chi connectivity index (χ4v) is 4.24. The highest BCUT2D eigenvalue weighted by Gasteiger charge is 2.33. The average molecular weight is 437 g/mol. The van der Waals surface area contributed by atoms with Crippen LogP contribution in [-0.4, -0.2) is 39.2 Å². The van der Waals surface area contributed by atoms with Crippen molar-refractivity contribution >= 4 is 33.3 Å². The second-order valence-corrected chi connectivity index (χ2v) is 8.53. The molecule has 0 aromatic heterocycles. The first kappa shape index (κ1) is 23.3. The molecule has 0 radical (unpaired) electrons. The molecule has 2 rings (SSSR count). The minimum absolute atomic E-state index is 0.118. The van der Waals surface area contributed by atoms with Crippen LogP contribution in [0.5, 0.6) is 0 Å². The maximum atomic E-state index is 14.3. The molecule has 0 spiro atoms. The van der Waals surface area contributed by atoms with Crippen LogP contribution in [0.2, 0.25) is 0 Å². The van der Waals surface area contributed by atoms with Gasteiger partial charge >= 0.3 is 5.97 Å². The number of rotatable bonds is 8. The smallest absolute Gasteiger partial charge is 0.338 e. The molecule has 0 bridgehead atoms. The largest absolute Gasteiger partial charge is 0.462 e. The fourth-order valence-electron chi connectivity index (χ4n) is 3.03. The average Bonchev–Trinajstić information content (AvgIpc) is 2.67. The summed E-state index contributed by atoms with van der Waals surface area (Å²) in [5.74, 6) is -1.84. The SMILES string of the molecule is CCOC(=O)c1ccc(NC(=O)C(CC)N(c2ccccc2F)S(C)(=O)=O)c(C)c1. The highest BCUT2D eigenvalue weighted by molar-refractivity contribution is 7.92. The maximum Gasteiger partial charge on any atom is 0.338 e. The third-order valence-corrected chi connectivity index (χ3v) is 5.58. The molecule has 0 aliphatic rings. The van der Waals surface area contributed by atoms with E-state index >= 15 is 0 Å². The summed E-state index contributed by atoms with van der Waals surface area (Å²) in [4.78, 5) is 24.8. The van der Waals surface area contributed by atoms with Crippen LogP contribution in [0.25, 0.3) is 0 Å². The third kappa shape index (κ3) is 5.35. The van der Waals surface area contributed by atoms with Crippen molar-refractivity contribution in [1.29, 1.82) is 0 Å². The highest BCUT2D eigenvalue weighted by atomic mass is 32.2. The van der Waals surface area contributed by atoms with Crippen LogP contribution in [0.3, 0.4) is 0 Å². The minimum atomic E-state index is -3.95. The van der Waals surface area contributed by atoms with Gasteiger partial charge in [0.1, 0.15) is 11.9 Å². The standard InChI is InChI=1S/C21H25FN2O5S/c1-5-18(24(30(4,27)28)19-10-8-7-9-16(19)22)20(25)23-17-12-11-15(13-14(17)3)21(26)29-6-2/h7-13,18H,5-6H2,1-4H3,(H,23,25). The number of ether oxygens (including phenoxy) is 1. The van der Waals surface area contributed by atoms with Crippen LogP contribution in [0.4, 0.5) is 15.8 Å². The van der Waals surface area contributed by atoms with Gasteiger partial charge in [0.2, 0.25) is 15.9 Å². The van der Waals surface area contributed by atoms with Gasteiger partial charge in [0.25, 0.3) is 0 Å². The normalized spacial score (nSPS) is 12.2. The van der Waals surface area contributed by atoms with Gasteiger partial charge in [-0.3, -0.25) is 9.10 Å². The van der Waals surface area contributed by atoms with Crippen molar-refractivity contribution in [3.63, 3.8) is 0 Å². The molecule has 2 aromatic rings. The van der Waals surface area contributed by atoms with E-state index in [4.69, 9.17) is 4.74 Å². The monoisotopic (exact) mass is 436 g/mol. The Balaban J connectivity index is 2.35. The molecule has 0 fully saturated rings. The van der Waals surface area contributed by atoms with Gasteiger partial charge in [-0.2, -0.15) is 0 Å². The third-order valence-electron chi connectivity index (χ3n) is 4.42. The van der Waals surface area contributed by atoms with Crippen molar-refractivity contribution in [1.82, 2.24) is 0 Å². The van der Waals surface area contributed by atoms with Gasteiger partial charge in [-0.1, -0.05) is 19.1 Å². The van der Waals surface area contributed by atoms with Crippen molar-refractivity contribution < 1.29 is 27.1 Å². The van der Waals surface area contributed by atoms with E-state index in [9.17, 15) is 22.4 Å². The molecule has 162 valence electrons. The number of para-hydroxylation sites is 1. The van der Waals surface area contributed by atoms with Gasteiger partial charge in [-0.15, -0.1) is 0 Å². The van der Waals surface area contributed by atoms with E-state index in [-0.39, 0.29) is 18.7 Å². The lowest BCUT2D eigenvalue weighted by atomic mass is 10.1. The van der Waals surface area contributed by atoms with Crippen LogP contribution in [0.15, 0.2) is 42.5 Å². The summed E-state index contributed by atoms with van der Waals surface area (Å²) in [5.41, 5.74) is 1.15. The highest BCUT2D eigenvalue weighted by Crippen LogP contribution is 2.26. The van der Waals surface area contributed by atoms with E-state index in [0.29, 0.717) is 16.8 Å². The second kappa shape index (κ2) is 9.71. The number of nitrogens with one attached hydrogen (secondary N) is 1. The molecule has 0 heterocycles. The topological polar surface area (TPSA) is 92.8 Å². The number of aryl methyl sites for hydroxylation is 1. The number of carbonyl (C=O) groups excluding carboxylic acids is 2. The lowest BCUT2D eigenvalue weighted by Gasteiger charge is -2.30. The molecule has 7 nitrogen and oxygen atoms in total. The zero-order valence-corrected chi connectivity index (χ0v) is 18.1. The minimum Gasteiger partial charge on any atom is -0.462 e. The first-order valence-electron chi connectivity index (χ1n) is 9.42. The lowest BCUT2D eigenvalue weighted by Crippen LogP contribution is -2.47. The van der Waals surface area contributed by atoms with Gasteiger partial charge in [-0.25, -0.2) is 17.6 Å². The second-order valence-electron chi connectivity index (χ2n) is 6.67. The quantitative estimate of drug-likeness (QED) is 0.640. The molecule has 0 saturated heterocycles. The molecule has 1 amide bonds. The lowest BCUT2D eigenvalue weighted by molar-refractivity contribution is -0.117. The van der Waals surface area contributed by atoms with Crippen LogP contribution >= 0.6 is 0 Å². The number of halogens is 1. The Hall–Kier alpha value is -2.94. The predicted molar refractivity (Wildman–Crippen MR) is 114 cm³/mol. The van der Waals surface area contributed by atoms with E-state index in [1.165, 1.54) is 24.3 Å². The van der Waals surface area contributed by atoms with E-state index < -0.39 is 33.8 Å². The molecule has 0 saturated carbocycles. The van der Waals surface area contributed by atoms with Crippen molar-refractivity contribution in [3.05, 3.63) is 59.4 Å². The van der Waals surface area contributed by atoms with Crippen LogP contribution < -0.4 is 9.62 Å². The molecule has 30 heavy (non-hydrogen) atoms. The Morgan fingerprint density at radius 3 is 2.37 bits per heavy atom. The summed E-state index contributed by atoms with van der Waals surface area (Å²) in [6.45, 7) is 5.28. The number of amides is 1. The van der Waals surface area contributed by atoms with E-state index in [0.717, 1.165) is 16.6 Å². The van der Waals surface area contributed by atoms with E-state index in [2.05, 4.69) is 5.32 Å². The van der Waals surface area contributed by atoms with Gasteiger partial charge < -0.3 is 10.1 Å². The van der Waals surface area contributed by atoms with Crippen LogP contribution in [-0.2, 0) is 19.6 Å². The van der Waals surface area contributed by atoms with Gasteiger partial charge in [-0.05, 0) is 56.2 Å². The Morgan fingerprint density at radius 1 is 1.17 bits per heavy atom. The van der Waals surface area contributed by atoms with Crippen molar-refractivity contribution in [2.24, 2.45) is 0 Å². The first-order chi connectivity index (χ1) is 14.1. The molecule has 9 heteroatoms. The fraction of sp³-hybridized carbons (Fsp3) is 0.333. The summed E-state index contributed by atoms with van der Waals surface area (Å²) in [6.07, 6.45) is 1.04. The Labute approximate surface area is 175 Å². The Morgan fingerprint density at radius 2 is 1.83 bits per heavy atom. The zero-order chi connectivity index (χ0) is 22.5. The number of nitrogens with zero attached hydrogens (tertiary/aromatic N) is 1. The zero-order valence-electron chi connectivity index (χ0n) is 17.3. The molecule has 1 N–H and O–H groups in total. The number of carbonyl (C=O) groups is 2. The summed E-state index contributed by atoms with van der Waals surface area (Å²) in [7, 11) is -3.95. The number of benzene rings is 2. The Kier molecular flexibility index (Phi) is 7.55. The molecule has 0 aliphatic heterocycles. The van der Waals surface area contributed by atoms with Crippen molar-refractivity contribution in [2.45, 2.75) is 33.2 Å². The summed E-state index contributed by atoms with van der Waals surface area (Å²) in [5, 5.41) is 2.68. The van der Waals surface area contributed by atoms with Crippen LogP contribution in [0, 0.1) is 12.7 Å². The number of hydrogen-bond donors (Lipinski definition) is 1. The number of anilines is 2. The molecule has 2 aromatic carbocycles. The van der Waals surface area contributed by atoms with E-state index in [1.54, 1.807) is 32.9 Å². The molecular weight excluding hydrogens is 411 g/mol. The molecule has 1 atom stereocenters. The number of sulfonamides is 1. The first-order valence-corrected chi connectivity index (χ1v) is 11.3. The summed E-state index contributed by atoms with van der Waals surface area (Å²) in [6, 6.07) is 8.84. The number of esters is 1. The van der Waals surface area contributed by atoms with E-state index in [1.807, 2.05) is 0 Å². The molecule has 1 unspecified atom stereocenters. The Bertz CT molecular complexity index is 1040. The molecule has 0 aliphatic carbocycles. The predicted octanol–water partition coefficient (Wildman–Crippen LogP) is 3.49. The maximum absolute atomic E-state index is 14.3.